The van der Waals surface area contributed by atoms with Gasteiger partial charge in [-0.3, -0.25) is 9.59 Å². The van der Waals surface area contributed by atoms with Gasteiger partial charge in [-0.2, -0.15) is 0 Å². The van der Waals surface area contributed by atoms with E-state index in [2.05, 4.69) is 5.32 Å². The molecule has 1 aromatic rings. The highest BCUT2D eigenvalue weighted by molar-refractivity contribution is 8.13. The van der Waals surface area contributed by atoms with Crippen LogP contribution in [0.25, 0.3) is 6.08 Å². The van der Waals surface area contributed by atoms with Crippen molar-refractivity contribution in [3.63, 3.8) is 0 Å². The van der Waals surface area contributed by atoms with Crippen molar-refractivity contribution in [1.82, 2.24) is 5.32 Å². The molecular formula is C19H24BNO4S. The Morgan fingerprint density at radius 1 is 1.27 bits per heavy atom. The second-order valence-corrected chi connectivity index (χ2v) is 8.84. The molecule has 0 saturated carbocycles. The summed E-state index contributed by atoms with van der Waals surface area (Å²) in [4.78, 5) is 23.2. The molecule has 26 heavy (non-hydrogen) atoms. The number of carbonyl (C=O) groups is 2. The van der Waals surface area contributed by atoms with Crippen molar-refractivity contribution < 1.29 is 18.9 Å². The highest BCUT2D eigenvalue weighted by atomic mass is 32.2. The molecule has 1 amide bonds. The molecule has 5 nitrogen and oxygen atoms in total. The minimum Gasteiger partial charge on any atom is -0.400 e. The Bertz CT molecular complexity index is 772. The summed E-state index contributed by atoms with van der Waals surface area (Å²) in [6, 6.07) is 5.74. The third-order valence-corrected chi connectivity index (χ3v) is 6.05. The highest BCUT2D eigenvalue weighted by Crippen LogP contribution is 2.39. The van der Waals surface area contributed by atoms with Gasteiger partial charge in [-0.05, 0) is 56.4 Å². The van der Waals surface area contributed by atoms with Crippen LogP contribution in [-0.4, -0.2) is 35.1 Å². The van der Waals surface area contributed by atoms with Crippen LogP contribution in [0.2, 0.25) is 0 Å². The van der Waals surface area contributed by atoms with E-state index in [-0.39, 0.29) is 11.0 Å². The van der Waals surface area contributed by atoms with Crippen molar-refractivity contribution in [2.24, 2.45) is 0 Å². The average Bonchev–Trinajstić information content (AvgIpc) is 3.00. The number of hydrogen-bond acceptors (Lipinski definition) is 5. The van der Waals surface area contributed by atoms with E-state index in [0.717, 1.165) is 22.2 Å². The lowest BCUT2D eigenvalue weighted by Crippen LogP contribution is -2.41. The SMILES string of the molecule is CC(=O)SCC(=Cc1ccc2c(c1)CNC2=O)B1OC(C)(C)C(C)(C)O1. The summed E-state index contributed by atoms with van der Waals surface area (Å²) in [6.45, 7) is 10.1. The smallest absolute Gasteiger partial charge is 0.400 e. The van der Waals surface area contributed by atoms with E-state index in [1.807, 2.05) is 52.0 Å². The molecule has 3 rings (SSSR count). The maximum Gasteiger partial charge on any atom is 0.491 e. The molecule has 2 heterocycles. The van der Waals surface area contributed by atoms with Gasteiger partial charge < -0.3 is 14.6 Å². The van der Waals surface area contributed by atoms with E-state index >= 15 is 0 Å². The van der Waals surface area contributed by atoms with Gasteiger partial charge in [0.2, 0.25) is 0 Å². The lowest BCUT2D eigenvalue weighted by molar-refractivity contribution is -0.109. The molecular weight excluding hydrogens is 349 g/mol. The first kappa shape index (κ1) is 19.2. The van der Waals surface area contributed by atoms with Crippen LogP contribution in [0.3, 0.4) is 0 Å². The van der Waals surface area contributed by atoms with Crippen LogP contribution in [0.15, 0.2) is 23.7 Å². The van der Waals surface area contributed by atoms with Crippen LogP contribution < -0.4 is 5.32 Å². The summed E-state index contributed by atoms with van der Waals surface area (Å²) in [5.41, 5.74) is 2.70. The molecule has 7 heteroatoms. The minimum absolute atomic E-state index is 0.0335. The van der Waals surface area contributed by atoms with Gasteiger partial charge in [0.05, 0.1) is 11.2 Å². The second kappa shape index (κ2) is 6.87. The first-order chi connectivity index (χ1) is 12.1. The molecule has 0 aliphatic carbocycles. The van der Waals surface area contributed by atoms with E-state index in [1.165, 1.54) is 11.8 Å². The monoisotopic (exact) mass is 373 g/mol. The molecule has 0 spiro atoms. The third-order valence-electron chi connectivity index (χ3n) is 5.16. The van der Waals surface area contributed by atoms with Crippen LogP contribution in [-0.2, 0) is 20.6 Å². The number of fused-ring (bicyclic) bond motifs is 1. The Hall–Kier alpha value is -1.57. The zero-order valence-corrected chi connectivity index (χ0v) is 16.7. The zero-order chi connectivity index (χ0) is 19.1. The van der Waals surface area contributed by atoms with E-state index in [4.69, 9.17) is 9.31 Å². The maximum absolute atomic E-state index is 11.7. The number of hydrogen-bond donors (Lipinski definition) is 1. The van der Waals surface area contributed by atoms with Crippen LogP contribution in [0.5, 0.6) is 0 Å². The molecule has 0 bridgehead atoms. The maximum atomic E-state index is 11.7. The van der Waals surface area contributed by atoms with E-state index in [1.54, 1.807) is 6.92 Å². The van der Waals surface area contributed by atoms with Gasteiger partial charge in [0.15, 0.2) is 5.12 Å². The van der Waals surface area contributed by atoms with E-state index < -0.39 is 18.3 Å². The molecule has 2 aliphatic rings. The standard InChI is InChI=1S/C19H24BNO4S/c1-12(22)26-11-15(20-24-18(2,3)19(4,5)25-20)9-13-6-7-16-14(8-13)10-21-17(16)23/h6-9H,10-11H2,1-5H3,(H,21,23). The number of carbonyl (C=O) groups excluding carboxylic acids is 2. The Kier molecular flexibility index (Phi) is 5.07. The van der Waals surface area contributed by atoms with E-state index in [0.29, 0.717) is 12.3 Å². The zero-order valence-electron chi connectivity index (χ0n) is 15.8. The van der Waals surface area contributed by atoms with Crippen molar-refractivity contribution in [2.45, 2.75) is 52.4 Å². The van der Waals surface area contributed by atoms with Crippen molar-refractivity contribution in [3.05, 3.63) is 40.4 Å². The minimum atomic E-state index is -0.500. The van der Waals surface area contributed by atoms with Gasteiger partial charge >= 0.3 is 7.12 Å². The van der Waals surface area contributed by atoms with Gasteiger partial charge in [-0.15, -0.1) is 0 Å². The normalized spacial score (nSPS) is 20.9. The Labute approximate surface area is 159 Å². The largest absolute Gasteiger partial charge is 0.491 e. The molecule has 1 saturated heterocycles. The summed E-state index contributed by atoms with van der Waals surface area (Å²) in [6.07, 6.45) is 2.00. The first-order valence-corrected chi connectivity index (χ1v) is 9.68. The third kappa shape index (κ3) is 3.75. The second-order valence-electron chi connectivity index (χ2n) is 7.69. The van der Waals surface area contributed by atoms with Crippen LogP contribution in [0, 0.1) is 0 Å². The van der Waals surface area contributed by atoms with Crippen molar-refractivity contribution in [1.29, 1.82) is 0 Å². The fourth-order valence-corrected chi connectivity index (χ4v) is 3.50. The fraction of sp³-hybridized carbons (Fsp3) is 0.474. The van der Waals surface area contributed by atoms with E-state index in [9.17, 15) is 9.59 Å². The van der Waals surface area contributed by atoms with Gasteiger partial charge in [-0.1, -0.05) is 23.9 Å². The van der Waals surface area contributed by atoms with Crippen molar-refractivity contribution in [3.8, 4) is 0 Å². The number of benzene rings is 1. The van der Waals surface area contributed by atoms with Gasteiger partial charge in [-0.25, -0.2) is 0 Å². The Morgan fingerprint density at radius 3 is 2.54 bits per heavy atom. The molecule has 2 aliphatic heterocycles. The average molecular weight is 373 g/mol. The van der Waals surface area contributed by atoms with Crippen LogP contribution in [0.1, 0.15) is 56.1 Å². The number of amides is 1. The summed E-state index contributed by atoms with van der Waals surface area (Å²) in [5, 5.41) is 2.88. The lowest BCUT2D eigenvalue weighted by atomic mass is 9.78. The molecule has 1 N–H and O–H groups in total. The molecule has 1 fully saturated rings. The quantitative estimate of drug-likeness (QED) is 0.821. The summed E-state index contributed by atoms with van der Waals surface area (Å²) in [5.74, 6) is 0.467. The summed E-state index contributed by atoms with van der Waals surface area (Å²) in [7, 11) is -0.500. The summed E-state index contributed by atoms with van der Waals surface area (Å²) >= 11 is 1.24. The molecule has 0 atom stereocenters. The Morgan fingerprint density at radius 2 is 1.92 bits per heavy atom. The predicted octanol–water partition coefficient (Wildman–Crippen LogP) is 3.22. The van der Waals surface area contributed by atoms with Gasteiger partial charge in [0.1, 0.15) is 0 Å². The number of thioether (sulfide) groups is 1. The van der Waals surface area contributed by atoms with Crippen LogP contribution in [0.4, 0.5) is 0 Å². The molecule has 0 aromatic heterocycles. The molecule has 0 unspecified atom stereocenters. The lowest BCUT2D eigenvalue weighted by Gasteiger charge is -2.32. The highest BCUT2D eigenvalue weighted by Gasteiger charge is 2.52. The first-order valence-electron chi connectivity index (χ1n) is 8.70. The van der Waals surface area contributed by atoms with Crippen molar-refractivity contribution >= 4 is 36.0 Å². The topological polar surface area (TPSA) is 64.6 Å². The number of rotatable bonds is 4. The predicted molar refractivity (Wildman–Crippen MR) is 105 cm³/mol. The molecule has 0 radical (unpaired) electrons. The summed E-state index contributed by atoms with van der Waals surface area (Å²) < 4.78 is 12.3. The fourth-order valence-electron chi connectivity index (χ4n) is 2.91. The van der Waals surface area contributed by atoms with Gasteiger partial charge in [0, 0.05) is 24.8 Å². The van der Waals surface area contributed by atoms with Crippen LogP contribution >= 0.6 is 11.8 Å². The van der Waals surface area contributed by atoms with Gasteiger partial charge in [0.25, 0.3) is 5.91 Å². The van der Waals surface area contributed by atoms with Crippen molar-refractivity contribution in [2.75, 3.05) is 5.75 Å². The number of nitrogens with one attached hydrogen (secondary N) is 1. The Balaban J connectivity index is 1.90. The molecule has 138 valence electrons. The molecule has 1 aromatic carbocycles.